The highest BCUT2D eigenvalue weighted by Gasteiger charge is 2.54. The number of benzene rings is 10. The summed E-state index contributed by atoms with van der Waals surface area (Å²) in [7, 11) is -2.97. The van der Waals surface area contributed by atoms with Gasteiger partial charge in [-0.15, -0.1) is 0 Å². The lowest BCUT2D eigenvalue weighted by Gasteiger charge is -2.43. The third-order valence-corrected chi connectivity index (χ3v) is 22.8. The number of anilines is 7. The maximum atomic E-state index is 9.45. The first kappa shape index (κ1) is 49.1. The van der Waals surface area contributed by atoms with E-state index in [9.17, 15) is 2.74 Å². The van der Waals surface area contributed by atoms with E-state index in [-0.39, 0.29) is 46.0 Å². The molecule has 0 radical (unpaired) electrons. The Bertz CT molecular complexity index is 4720. The van der Waals surface area contributed by atoms with Gasteiger partial charge in [0.1, 0.15) is 24.0 Å². The molecular formula is C80H74N4OSi. The summed E-state index contributed by atoms with van der Waals surface area (Å²) >= 11 is 0. The monoisotopic (exact) mass is 1140 g/mol. The molecule has 5 nitrogen and oxygen atoms in total. The van der Waals surface area contributed by atoms with Crippen LogP contribution in [0.3, 0.4) is 0 Å². The Balaban J connectivity index is 0.910. The average molecular weight is 1140 g/mol. The van der Waals surface area contributed by atoms with Gasteiger partial charge in [-0.25, -0.2) is 4.98 Å². The predicted octanol–water partition coefficient (Wildman–Crippen LogP) is 18.8. The van der Waals surface area contributed by atoms with Crippen LogP contribution in [0.2, 0.25) is 0 Å². The number of para-hydroxylation sites is 4. The van der Waals surface area contributed by atoms with Crippen LogP contribution in [0.15, 0.2) is 237 Å². The minimum absolute atomic E-state index is 0.0681. The number of nitrogens with zero attached hydrogens (tertiary/aromatic N) is 4. The Kier molecular flexibility index (Phi) is 11.7. The second kappa shape index (κ2) is 20.5. The average Bonchev–Trinajstić information content (AvgIpc) is 1.58. The Morgan fingerprint density at radius 2 is 0.988 bits per heavy atom. The van der Waals surface area contributed by atoms with Gasteiger partial charge >= 0.3 is 0 Å². The van der Waals surface area contributed by atoms with Crippen LogP contribution in [0.1, 0.15) is 97.0 Å². The maximum Gasteiger partial charge on any atom is 0.185 e. The number of ether oxygens (including phenoxy) is 1. The lowest BCUT2D eigenvalue weighted by atomic mass is 9.81. The van der Waals surface area contributed by atoms with E-state index in [1.165, 1.54) is 54.1 Å². The Labute approximate surface area is 516 Å². The molecule has 1 spiro atoms. The van der Waals surface area contributed by atoms with Crippen molar-refractivity contribution < 1.29 is 11.6 Å². The Morgan fingerprint density at radius 1 is 0.419 bits per heavy atom. The molecule has 11 aromatic rings. The summed E-state index contributed by atoms with van der Waals surface area (Å²) in [6, 6.07) is 70.6. The van der Waals surface area contributed by atoms with Crippen LogP contribution in [0.25, 0.3) is 44.5 Å². The molecule has 6 heteroatoms. The van der Waals surface area contributed by atoms with Crippen LogP contribution in [-0.2, 0) is 16.2 Å². The van der Waals surface area contributed by atoms with Gasteiger partial charge in [0, 0.05) is 40.8 Å². The fourth-order valence-electron chi connectivity index (χ4n) is 13.4. The first-order valence-corrected chi connectivity index (χ1v) is 32.0. The standard InChI is InChI=1S/C80H74N4OSi/c1-52-34-37-72-66(42-52)67-43-53(2)35-38-73(67)86(72)74-33-18-17-32-70(74)84(76-48-59(40-41-81-76)79(6,7)8)71-50-63(36-39-75(71)86)85-62-27-20-26-61(49-62)82-51-83(69-31-16-15-30-68(69)82)77-64(54-22-13-12-14-23-54)28-21-29-65(77)57-44-56(46-60(47-57)80(9,10)11)55-24-19-25-58(45-55)78(3,4)5/h12-50H,51H2,1-11H3/i12D,13D,14D,22D,23D. The highest BCUT2D eigenvalue weighted by atomic mass is 28.3. The van der Waals surface area contributed by atoms with E-state index in [0.717, 1.165) is 67.8 Å². The molecule has 0 saturated carbocycles. The van der Waals surface area contributed by atoms with Crippen LogP contribution in [0.5, 0.6) is 11.5 Å². The summed E-state index contributed by atoms with van der Waals surface area (Å²) in [5.41, 5.74) is 18.5. The zero-order chi connectivity index (χ0) is 63.8. The molecule has 10 aromatic carbocycles. The summed E-state index contributed by atoms with van der Waals surface area (Å²) in [4.78, 5) is 12.0. The second-order valence-electron chi connectivity index (χ2n) is 26.7. The molecule has 424 valence electrons. The predicted molar refractivity (Wildman–Crippen MR) is 366 cm³/mol. The minimum atomic E-state index is -2.97. The van der Waals surface area contributed by atoms with Crippen LogP contribution in [0, 0.1) is 13.8 Å². The van der Waals surface area contributed by atoms with Gasteiger partial charge in [0.2, 0.25) is 0 Å². The van der Waals surface area contributed by atoms with Crippen molar-refractivity contribution in [1.82, 2.24) is 4.98 Å². The van der Waals surface area contributed by atoms with E-state index in [2.05, 4.69) is 255 Å². The van der Waals surface area contributed by atoms with Gasteiger partial charge in [-0.1, -0.05) is 237 Å². The first-order chi connectivity index (χ1) is 43.4. The van der Waals surface area contributed by atoms with E-state index in [1.807, 2.05) is 42.6 Å². The molecule has 0 N–H and O–H groups in total. The highest BCUT2D eigenvalue weighted by molar-refractivity contribution is 7.23. The van der Waals surface area contributed by atoms with Crippen molar-refractivity contribution in [2.75, 3.05) is 21.4 Å². The second-order valence-corrected chi connectivity index (χ2v) is 30.4. The molecule has 14 rings (SSSR count). The first-order valence-electron chi connectivity index (χ1n) is 32.5. The number of hydrogen-bond acceptors (Lipinski definition) is 5. The lowest BCUT2D eigenvalue weighted by Crippen LogP contribution is -2.75. The molecular weight excluding hydrogens is 1060 g/mol. The molecule has 0 fully saturated rings. The molecule has 0 amide bonds. The quantitative estimate of drug-likeness (QED) is 0.142. The van der Waals surface area contributed by atoms with Crippen LogP contribution < -0.4 is 40.2 Å². The number of aromatic nitrogens is 1. The third-order valence-electron chi connectivity index (χ3n) is 17.8. The number of fused-ring (bicyclic) bond motifs is 10. The van der Waals surface area contributed by atoms with E-state index in [1.54, 1.807) is 0 Å². The maximum absolute atomic E-state index is 9.45. The molecule has 3 aliphatic heterocycles. The van der Waals surface area contributed by atoms with Crippen LogP contribution >= 0.6 is 0 Å². The molecule has 86 heavy (non-hydrogen) atoms. The van der Waals surface area contributed by atoms with Crippen molar-refractivity contribution in [2.24, 2.45) is 0 Å². The number of pyridine rings is 1. The number of aryl methyl sites for hydroxylation is 2. The summed E-state index contributed by atoms with van der Waals surface area (Å²) in [6.45, 7) is 24.9. The minimum Gasteiger partial charge on any atom is -0.457 e. The van der Waals surface area contributed by atoms with E-state index < -0.39 is 14.1 Å². The van der Waals surface area contributed by atoms with Crippen LogP contribution in [-0.4, -0.2) is 19.7 Å². The number of hydrogen-bond donors (Lipinski definition) is 0. The SMILES string of the molecule is [2H]c1c([2H])c([2H])c(-c2cccc(-c3cc(-c4cccc(C(C)(C)C)c4)cc(C(C)(C)C)c3)c2N2CN(c3cccc(Oc4ccc5c(c4)N(c4cc(C(C)(C)C)ccn4)c4ccccc4[Si]54c5ccc(C)cc5-c5cc(C)ccc54)c3)c3ccccc32)c([2H])c1[2H]. The van der Waals surface area contributed by atoms with E-state index in [0.29, 0.717) is 23.7 Å². The van der Waals surface area contributed by atoms with E-state index >= 15 is 0 Å². The summed E-state index contributed by atoms with van der Waals surface area (Å²) < 4.78 is 52.6. The van der Waals surface area contributed by atoms with Crippen molar-refractivity contribution in [1.29, 1.82) is 0 Å². The molecule has 0 bridgehead atoms. The molecule has 4 heterocycles. The highest BCUT2D eigenvalue weighted by Crippen LogP contribution is 2.52. The van der Waals surface area contributed by atoms with Gasteiger partial charge in [0.05, 0.1) is 29.6 Å². The van der Waals surface area contributed by atoms with Gasteiger partial charge < -0.3 is 14.5 Å². The molecule has 0 saturated heterocycles. The summed E-state index contributed by atoms with van der Waals surface area (Å²) in [6.07, 6.45) is 1.94. The largest absolute Gasteiger partial charge is 0.457 e. The van der Waals surface area contributed by atoms with Crippen molar-refractivity contribution in [3.05, 3.63) is 264 Å². The smallest absolute Gasteiger partial charge is 0.185 e. The van der Waals surface area contributed by atoms with Gasteiger partial charge in [-0.3, -0.25) is 4.90 Å². The summed E-state index contributed by atoms with van der Waals surface area (Å²) in [5.74, 6) is 2.18. The van der Waals surface area contributed by atoms with Gasteiger partial charge in [-0.05, 0) is 156 Å². The molecule has 0 unspecified atom stereocenters. The normalized spacial score (nSPS) is 14.8. The fourth-order valence-corrected chi connectivity index (χ4v) is 18.9. The lowest BCUT2D eigenvalue weighted by molar-refractivity contribution is 0.483. The number of rotatable bonds is 8. The Morgan fingerprint density at radius 3 is 1.69 bits per heavy atom. The molecule has 0 aliphatic carbocycles. The van der Waals surface area contributed by atoms with Gasteiger partial charge in [-0.2, -0.15) is 0 Å². The third kappa shape index (κ3) is 9.25. The van der Waals surface area contributed by atoms with Gasteiger partial charge in [0.15, 0.2) is 8.07 Å². The summed E-state index contributed by atoms with van der Waals surface area (Å²) in [5, 5.41) is 5.37. The Hall–Kier alpha value is -9.23. The fraction of sp³-hybridized carbons (Fsp3) is 0.188. The molecule has 1 aromatic heterocycles. The van der Waals surface area contributed by atoms with Crippen molar-refractivity contribution in [3.8, 4) is 56.0 Å². The topological polar surface area (TPSA) is 31.8 Å². The van der Waals surface area contributed by atoms with Gasteiger partial charge in [0.25, 0.3) is 0 Å². The zero-order valence-electron chi connectivity index (χ0n) is 56.0. The zero-order valence-corrected chi connectivity index (χ0v) is 52.0. The molecule has 3 aliphatic rings. The molecule has 0 atom stereocenters. The van der Waals surface area contributed by atoms with Crippen molar-refractivity contribution in [3.63, 3.8) is 0 Å². The van der Waals surface area contributed by atoms with E-state index in [4.69, 9.17) is 13.8 Å². The van der Waals surface area contributed by atoms with Crippen molar-refractivity contribution in [2.45, 2.75) is 92.4 Å². The van der Waals surface area contributed by atoms with Crippen molar-refractivity contribution >= 4 is 68.8 Å². The van der Waals surface area contributed by atoms with Crippen LogP contribution in [0.4, 0.5) is 39.9 Å².